The largest absolute Gasteiger partial charge is 0.323 e. The van der Waals surface area contributed by atoms with Crippen LogP contribution in [0.3, 0.4) is 0 Å². The number of carbonyl (C=O) groups excluding carboxylic acids is 2. The van der Waals surface area contributed by atoms with E-state index in [9.17, 15) is 18.0 Å². The number of amides is 2. The molecule has 0 radical (unpaired) electrons. The van der Waals surface area contributed by atoms with Gasteiger partial charge in [0, 0.05) is 23.5 Å². The van der Waals surface area contributed by atoms with E-state index in [1.165, 1.54) is 9.21 Å². The number of nitrogens with one attached hydrogen (secondary N) is 1. The summed E-state index contributed by atoms with van der Waals surface area (Å²) in [5.41, 5.74) is 2.03. The summed E-state index contributed by atoms with van der Waals surface area (Å²) < 4.78 is 27.9. The normalized spacial score (nSPS) is 18.0. The summed E-state index contributed by atoms with van der Waals surface area (Å²) in [6, 6.07) is 14.5. The van der Waals surface area contributed by atoms with Crippen LogP contribution in [-0.4, -0.2) is 44.2 Å². The van der Waals surface area contributed by atoms with E-state index in [-0.39, 0.29) is 30.0 Å². The van der Waals surface area contributed by atoms with Gasteiger partial charge in [-0.1, -0.05) is 40.2 Å². The first-order valence-electron chi connectivity index (χ1n) is 9.76. The number of halogens is 1. The van der Waals surface area contributed by atoms with Crippen LogP contribution < -0.4 is 10.2 Å². The number of para-hydroxylation sites is 2. The Kier molecular flexibility index (Phi) is 5.95. The van der Waals surface area contributed by atoms with Crippen LogP contribution in [0.5, 0.6) is 0 Å². The van der Waals surface area contributed by atoms with Gasteiger partial charge in [-0.2, -0.15) is 0 Å². The topological polar surface area (TPSA) is 86.8 Å². The van der Waals surface area contributed by atoms with E-state index in [0.717, 1.165) is 10.0 Å². The molecule has 2 aromatic rings. The van der Waals surface area contributed by atoms with Crippen molar-refractivity contribution in [3.8, 4) is 0 Å². The maximum Gasteiger partial charge on any atom is 0.244 e. The van der Waals surface area contributed by atoms with Crippen LogP contribution in [-0.2, 0) is 25.4 Å². The van der Waals surface area contributed by atoms with Crippen LogP contribution in [0.15, 0.2) is 53.0 Å². The Morgan fingerprint density at radius 1 is 1.10 bits per heavy atom. The molecule has 9 heteroatoms. The molecule has 0 atom stereocenters. The third-order valence-electron chi connectivity index (χ3n) is 5.47. The summed E-state index contributed by atoms with van der Waals surface area (Å²) >= 11 is 3.36. The van der Waals surface area contributed by atoms with E-state index < -0.39 is 10.0 Å². The molecule has 7 nitrogen and oxygen atoms in total. The molecule has 0 saturated carbocycles. The minimum absolute atomic E-state index is 0.0166. The van der Waals surface area contributed by atoms with Crippen molar-refractivity contribution in [2.24, 2.45) is 5.92 Å². The van der Waals surface area contributed by atoms with Crippen LogP contribution >= 0.6 is 15.9 Å². The van der Waals surface area contributed by atoms with Crippen LogP contribution in [0.2, 0.25) is 0 Å². The van der Waals surface area contributed by atoms with E-state index in [2.05, 4.69) is 21.2 Å². The average Bonchev–Trinajstić information content (AvgIpc) is 2.72. The van der Waals surface area contributed by atoms with E-state index in [0.29, 0.717) is 37.3 Å². The van der Waals surface area contributed by atoms with Crippen molar-refractivity contribution >= 4 is 49.1 Å². The van der Waals surface area contributed by atoms with Crippen LogP contribution in [0.1, 0.15) is 18.4 Å². The van der Waals surface area contributed by atoms with Gasteiger partial charge < -0.3 is 10.2 Å². The van der Waals surface area contributed by atoms with Gasteiger partial charge in [-0.3, -0.25) is 9.59 Å². The van der Waals surface area contributed by atoms with Gasteiger partial charge in [0.2, 0.25) is 21.8 Å². The lowest BCUT2D eigenvalue weighted by molar-refractivity contribution is -0.125. The fourth-order valence-corrected chi connectivity index (χ4v) is 5.96. The zero-order valence-electron chi connectivity index (χ0n) is 16.3. The Hall–Kier alpha value is -2.23. The number of piperidine rings is 1. The van der Waals surface area contributed by atoms with Crippen molar-refractivity contribution in [2.45, 2.75) is 18.6 Å². The predicted molar refractivity (Wildman–Crippen MR) is 118 cm³/mol. The predicted octanol–water partition coefficient (Wildman–Crippen LogP) is 2.98. The number of hydrogen-bond acceptors (Lipinski definition) is 4. The molecule has 0 aromatic heterocycles. The summed E-state index contributed by atoms with van der Waals surface area (Å²) in [4.78, 5) is 26.6. The molecule has 2 aromatic carbocycles. The molecule has 2 aliphatic heterocycles. The van der Waals surface area contributed by atoms with E-state index in [1.54, 1.807) is 18.2 Å². The molecule has 0 unspecified atom stereocenters. The number of fused-ring (bicyclic) bond motifs is 1. The first-order valence-corrected chi connectivity index (χ1v) is 12.2. The molecule has 2 heterocycles. The second-order valence-electron chi connectivity index (χ2n) is 7.55. The zero-order chi connectivity index (χ0) is 21.3. The van der Waals surface area contributed by atoms with Gasteiger partial charge in [0.05, 0.1) is 17.1 Å². The van der Waals surface area contributed by atoms with Crippen LogP contribution in [0.4, 0.5) is 11.4 Å². The molecule has 0 bridgehead atoms. The molecule has 0 aliphatic carbocycles. The molecule has 0 spiro atoms. The Labute approximate surface area is 184 Å². The summed E-state index contributed by atoms with van der Waals surface area (Å²) in [6.07, 6.45) is 0.883. The molecule has 2 aliphatic rings. The van der Waals surface area contributed by atoms with E-state index in [1.807, 2.05) is 30.3 Å². The Bertz CT molecular complexity index is 1080. The van der Waals surface area contributed by atoms with Crippen molar-refractivity contribution in [2.75, 3.05) is 29.9 Å². The number of benzene rings is 2. The number of hydrogen-bond donors (Lipinski definition) is 1. The van der Waals surface area contributed by atoms with Gasteiger partial charge >= 0.3 is 0 Å². The first kappa shape index (κ1) is 21.0. The van der Waals surface area contributed by atoms with Crippen LogP contribution in [0, 0.1) is 5.92 Å². The summed E-state index contributed by atoms with van der Waals surface area (Å²) in [5, 5.41) is 2.78. The van der Waals surface area contributed by atoms with Crippen molar-refractivity contribution in [1.29, 1.82) is 0 Å². The molecule has 1 fully saturated rings. The maximum atomic E-state index is 13.1. The van der Waals surface area contributed by atoms with Crippen molar-refractivity contribution < 1.29 is 18.0 Å². The Balaban J connectivity index is 1.42. The highest BCUT2D eigenvalue weighted by Crippen LogP contribution is 2.32. The van der Waals surface area contributed by atoms with E-state index >= 15 is 0 Å². The minimum atomic E-state index is -3.46. The fourth-order valence-electron chi connectivity index (χ4n) is 3.96. The summed E-state index contributed by atoms with van der Waals surface area (Å²) in [5.74, 6) is -0.719. The van der Waals surface area contributed by atoms with Gasteiger partial charge in [0.25, 0.3) is 0 Å². The molecule has 4 rings (SSSR count). The minimum Gasteiger partial charge on any atom is -0.323 e. The van der Waals surface area contributed by atoms with Crippen LogP contribution in [0.25, 0.3) is 0 Å². The Morgan fingerprint density at radius 3 is 2.57 bits per heavy atom. The van der Waals surface area contributed by atoms with Gasteiger partial charge in [-0.15, -0.1) is 0 Å². The second kappa shape index (κ2) is 8.49. The van der Waals surface area contributed by atoms with Gasteiger partial charge in [-0.05, 0) is 42.7 Å². The van der Waals surface area contributed by atoms with Gasteiger partial charge in [-0.25, -0.2) is 12.7 Å². The summed E-state index contributed by atoms with van der Waals surface area (Å²) in [6.45, 7) is 0.583. The molecule has 158 valence electrons. The quantitative estimate of drug-likeness (QED) is 0.711. The molecule has 1 saturated heterocycles. The third kappa shape index (κ3) is 4.43. The SMILES string of the molecule is O=C1CN(C(=O)C2CCN(S(=O)(=O)Cc3cccc(Br)c3)CC2)c2ccccc2N1. The number of carbonyl (C=O) groups is 2. The van der Waals surface area contributed by atoms with E-state index in [4.69, 9.17) is 0 Å². The maximum absolute atomic E-state index is 13.1. The first-order chi connectivity index (χ1) is 14.3. The van der Waals surface area contributed by atoms with Crippen molar-refractivity contribution in [1.82, 2.24) is 4.31 Å². The van der Waals surface area contributed by atoms with Gasteiger partial charge in [0.15, 0.2) is 0 Å². The number of anilines is 2. The molecular formula is C21H22BrN3O4S. The molecule has 30 heavy (non-hydrogen) atoms. The second-order valence-corrected chi connectivity index (χ2v) is 10.4. The number of rotatable bonds is 4. The Morgan fingerprint density at radius 2 is 1.83 bits per heavy atom. The molecule has 1 N–H and O–H groups in total. The lowest BCUT2D eigenvalue weighted by atomic mass is 9.95. The van der Waals surface area contributed by atoms with Crippen molar-refractivity contribution in [3.05, 3.63) is 58.6 Å². The fraction of sp³-hybridized carbons (Fsp3) is 0.333. The standard InChI is InChI=1S/C21H22BrN3O4S/c22-17-5-3-4-15(12-17)14-30(28,29)24-10-8-16(9-11-24)21(27)25-13-20(26)23-18-6-1-2-7-19(18)25/h1-7,12,16H,8-11,13-14H2,(H,23,26). The lowest BCUT2D eigenvalue weighted by Gasteiger charge is -2.35. The number of nitrogens with zero attached hydrogens (tertiary/aromatic N) is 2. The van der Waals surface area contributed by atoms with Gasteiger partial charge in [0.1, 0.15) is 6.54 Å². The monoisotopic (exact) mass is 491 g/mol. The lowest BCUT2D eigenvalue weighted by Crippen LogP contribution is -2.48. The highest BCUT2D eigenvalue weighted by molar-refractivity contribution is 9.10. The molecular weight excluding hydrogens is 470 g/mol. The summed E-state index contributed by atoms with van der Waals surface area (Å²) in [7, 11) is -3.46. The highest BCUT2D eigenvalue weighted by Gasteiger charge is 2.35. The zero-order valence-corrected chi connectivity index (χ0v) is 18.7. The molecule has 2 amide bonds. The highest BCUT2D eigenvalue weighted by atomic mass is 79.9. The number of sulfonamides is 1. The smallest absolute Gasteiger partial charge is 0.244 e. The average molecular weight is 492 g/mol. The third-order valence-corrected chi connectivity index (χ3v) is 7.81. The van der Waals surface area contributed by atoms with Crippen molar-refractivity contribution in [3.63, 3.8) is 0 Å².